The summed E-state index contributed by atoms with van der Waals surface area (Å²) in [4.78, 5) is 11.1. The third kappa shape index (κ3) is 6.38. The van der Waals surface area contributed by atoms with E-state index in [4.69, 9.17) is 0 Å². The summed E-state index contributed by atoms with van der Waals surface area (Å²) in [5.74, 6) is -0.441. The van der Waals surface area contributed by atoms with E-state index < -0.39 is 6.36 Å². The summed E-state index contributed by atoms with van der Waals surface area (Å²) in [6.07, 6.45) is -4.38. The fraction of sp³-hybridized carbons (Fsp3) is 0.300. The van der Waals surface area contributed by atoms with Crippen molar-refractivity contribution < 1.29 is 22.7 Å². The Balaban J connectivity index is 0. The van der Waals surface area contributed by atoms with Gasteiger partial charge in [-0.2, -0.15) is 0 Å². The average Bonchev–Trinajstić information content (AvgIpc) is 2.15. The number of benzene rings is 1. The lowest BCUT2D eigenvalue weighted by molar-refractivity contribution is -0.274. The SMILES string of the molecule is CCC(=O)c1ccc(OC(F)(F)F)cc1.Cl.Cl. The zero-order valence-electron chi connectivity index (χ0n) is 8.78. The van der Waals surface area contributed by atoms with E-state index in [0.29, 0.717) is 12.0 Å². The average molecular weight is 291 g/mol. The molecule has 0 aliphatic carbocycles. The van der Waals surface area contributed by atoms with Crippen molar-refractivity contribution in [2.45, 2.75) is 19.7 Å². The molecule has 0 aliphatic rings. The lowest BCUT2D eigenvalue weighted by atomic mass is 10.1. The molecule has 0 atom stereocenters. The molecule has 1 aromatic rings. The first-order valence-electron chi connectivity index (χ1n) is 4.31. The topological polar surface area (TPSA) is 26.3 Å². The highest BCUT2D eigenvalue weighted by atomic mass is 35.5. The monoisotopic (exact) mass is 290 g/mol. The van der Waals surface area contributed by atoms with Gasteiger partial charge in [-0.1, -0.05) is 6.92 Å². The van der Waals surface area contributed by atoms with Gasteiger partial charge in [-0.15, -0.1) is 38.0 Å². The van der Waals surface area contributed by atoms with Crippen molar-refractivity contribution in [3.8, 4) is 5.75 Å². The molecule has 0 spiro atoms. The van der Waals surface area contributed by atoms with E-state index in [1.54, 1.807) is 6.92 Å². The summed E-state index contributed by atoms with van der Waals surface area (Å²) in [6.45, 7) is 1.68. The summed E-state index contributed by atoms with van der Waals surface area (Å²) in [5, 5.41) is 0. The van der Waals surface area contributed by atoms with Crippen LogP contribution in [0.3, 0.4) is 0 Å². The van der Waals surface area contributed by atoms with E-state index in [2.05, 4.69) is 4.74 Å². The van der Waals surface area contributed by atoms with Crippen LogP contribution in [0, 0.1) is 0 Å². The van der Waals surface area contributed by atoms with Gasteiger partial charge in [0.1, 0.15) is 5.75 Å². The molecule has 1 rings (SSSR count). The molecule has 0 aliphatic heterocycles. The van der Waals surface area contributed by atoms with Gasteiger partial charge in [0.2, 0.25) is 0 Å². The molecule has 2 nitrogen and oxygen atoms in total. The number of alkyl halides is 3. The zero-order chi connectivity index (χ0) is 11.5. The maximum absolute atomic E-state index is 11.8. The summed E-state index contributed by atoms with van der Waals surface area (Å²) < 4.78 is 39.0. The molecule has 0 bridgehead atoms. The van der Waals surface area contributed by atoms with Gasteiger partial charge >= 0.3 is 6.36 Å². The maximum Gasteiger partial charge on any atom is 0.573 e. The van der Waals surface area contributed by atoms with Crippen molar-refractivity contribution in [2.75, 3.05) is 0 Å². The predicted molar refractivity (Wildman–Crippen MR) is 62.2 cm³/mol. The van der Waals surface area contributed by atoms with E-state index in [1.165, 1.54) is 12.1 Å². The quantitative estimate of drug-likeness (QED) is 0.786. The molecule has 0 saturated heterocycles. The number of rotatable bonds is 3. The van der Waals surface area contributed by atoms with Crippen LogP contribution >= 0.6 is 24.8 Å². The molecule has 0 aromatic heterocycles. The second-order valence-electron chi connectivity index (χ2n) is 2.85. The first-order chi connectivity index (χ1) is 6.92. The third-order valence-electron chi connectivity index (χ3n) is 1.73. The Hall–Kier alpha value is -0.940. The highest BCUT2D eigenvalue weighted by Gasteiger charge is 2.30. The van der Waals surface area contributed by atoms with E-state index >= 15 is 0 Å². The Kier molecular flexibility index (Phi) is 8.02. The zero-order valence-corrected chi connectivity index (χ0v) is 10.4. The number of ketones is 1. The first-order valence-corrected chi connectivity index (χ1v) is 4.31. The van der Waals surface area contributed by atoms with Gasteiger partial charge in [0, 0.05) is 12.0 Å². The van der Waals surface area contributed by atoms with Gasteiger partial charge in [-0.25, -0.2) is 0 Å². The Bertz CT molecular complexity index is 350. The van der Waals surface area contributed by atoms with Crippen molar-refractivity contribution in [1.82, 2.24) is 0 Å². The molecule has 17 heavy (non-hydrogen) atoms. The number of ether oxygens (including phenoxy) is 1. The Morgan fingerprint density at radius 1 is 1.18 bits per heavy atom. The normalized spacial score (nSPS) is 9.88. The standard InChI is InChI=1S/C10H9F3O2.2ClH/c1-2-9(14)7-3-5-8(6-4-7)15-10(11,12)13;;/h3-6H,2H2,1H3;2*1H. The van der Waals surface area contributed by atoms with Crippen LogP contribution in [0.15, 0.2) is 24.3 Å². The molecule has 1 aromatic carbocycles. The second-order valence-corrected chi connectivity index (χ2v) is 2.85. The minimum atomic E-state index is -4.70. The molecule has 0 radical (unpaired) electrons. The largest absolute Gasteiger partial charge is 0.573 e. The van der Waals surface area contributed by atoms with Crippen LogP contribution in [-0.2, 0) is 0 Å². The lowest BCUT2D eigenvalue weighted by Gasteiger charge is -2.08. The van der Waals surface area contributed by atoms with Gasteiger partial charge in [-0.3, -0.25) is 4.79 Å². The Labute approximate surface area is 109 Å². The van der Waals surface area contributed by atoms with Gasteiger partial charge < -0.3 is 4.74 Å². The van der Waals surface area contributed by atoms with Crippen LogP contribution < -0.4 is 4.74 Å². The van der Waals surface area contributed by atoms with E-state index in [-0.39, 0.29) is 36.3 Å². The van der Waals surface area contributed by atoms with Crippen LogP contribution in [0.25, 0.3) is 0 Å². The molecule has 0 heterocycles. The molecular weight excluding hydrogens is 280 g/mol. The molecule has 0 unspecified atom stereocenters. The van der Waals surface area contributed by atoms with Crippen LogP contribution in [-0.4, -0.2) is 12.1 Å². The van der Waals surface area contributed by atoms with Gasteiger partial charge in [0.05, 0.1) is 0 Å². The van der Waals surface area contributed by atoms with Crippen molar-refractivity contribution in [2.24, 2.45) is 0 Å². The van der Waals surface area contributed by atoms with Gasteiger partial charge in [0.25, 0.3) is 0 Å². The lowest BCUT2D eigenvalue weighted by Crippen LogP contribution is -2.17. The summed E-state index contributed by atoms with van der Waals surface area (Å²) in [5.41, 5.74) is 0.382. The second kappa shape index (κ2) is 7.40. The fourth-order valence-electron chi connectivity index (χ4n) is 1.05. The molecule has 0 N–H and O–H groups in total. The summed E-state index contributed by atoms with van der Waals surface area (Å²) in [7, 11) is 0. The first kappa shape index (κ1) is 18.4. The van der Waals surface area contributed by atoms with Crippen molar-refractivity contribution in [1.29, 1.82) is 0 Å². The van der Waals surface area contributed by atoms with E-state index in [1.807, 2.05) is 0 Å². The van der Waals surface area contributed by atoms with Gasteiger partial charge in [0.15, 0.2) is 5.78 Å². The number of hydrogen-bond acceptors (Lipinski definition) is 2. The van der Waals surface area contributed by atoms with Crippen LogP contribution in [0.5, 0.6) is 5.75 Å². The molecule has 0 saturated carbocycles. The molecule has 0 amide bonds. The summed E-state index contributed by atoms with van der Waals surface area (Å²) in [6, 6.07) is 4.87. The molecule has 0 fully saturated rings. The number of carbonyl (C=O) groups is 1. The van der Waals surface area contributed by atoms with Crippen LogP contribution in [0.4, 0.5) is 13.2 Å². The van der Waals surface area contributed by atoms with E-state index in [9.17, 15) is 18.0 Å². The molecule has 7 heteroatoms. The van der Waals surface area contributed by atoms with Crippen molar-refractivity contribution in [3.63, 3.8) is 0 Å². The number of Topliss-reactive ketones (excluding diaryl/α,β-unsaturated/α-hetero) is 1. The minimum Gasteiger partial charge on any atom is -0.406 e. The third-order valence-corrected chi connectivity index (χ3v) is 1.73. The van der Waals surface area contributed by atoms with Gasteiger partial charge in [-0.05, 0) is 24.3 Å². The maximum atomic E-state index is 11.8. The fourth-order valence-corrected chi connectivity index (χ4v) is 1.05. The number of hydrogen-bond donors (Lipinski definition) is 0. The minimum absolute atomic E-state index is 0. The van der Waals surface area contributed by atoms with Crippen molar-refractivity contribution in [3.05, 3.63) is 29.8 Å². The van der Waals surface area contributed by atoms with E-state index in [0.717, 1.165) is 12.1 Å². The Morgan fingerprint density at radius 2 is 1.65 bits per heavy atom. The Morgan fingerprint density at radius 3 is 2.00 bits per heavy atom. The van der Waals surface area contributed by atoms with Crippen LogP contribution in [0.2, 0.25) is 0 Å². The number of halogens is 5. The van der Waals surface area contributed by atoms with Crippen LogP contribution in [0.1, 0.15) is 23.7 Å². The highest BCUT2D eigenvalue weighted by Crippen LogP contribution is 2.22. The van der Waals surface area contributed by atoms with Crippen molar-refractivity contribution >= 4 is 30.6 Å². The predicted octanol–water partition coefficient (Wildman–Crippen LogP) is 4.02. The number of carbonyl (C=O) groups excluding carboxylic acids is 1. The smallest absolute Gasteiger partial charge is 0.406 e. The molecule has 98 valence electrons. The highest BCUT2D eigenvalue weighted by molar-refractivity contribution is 5.95. The summed E-state index contributed by atoms with van der Waals surface area (Å²) >= 11 is 0. The molecular formula is C10H11Cl2F3O2.